The molecule has 2 rings (SSSR count). The molecule has 1 amide bonds. The first kappa shape index (κ1) is 15.6. The van der Waals surface area contributed by atoms with Crippen molar-refractivity contribution in [2.24, 2.45) is 0 Å². The molecule has 2 fully saturated rings. The molecule has 0 aromatic rings. The second kappa shape index (κ2) is 5.53. The van der Waals surface area contributed by atoms with E-state index < -0.39 is 35.0 Å². The average Bonchev–Trinajstić information content (AvgIpc) is 2.56. The molecule has 0 radical (unpaired) electrons. The van der Waals surface area contributed by atoms with E-state index in [1.165, 1.54) is 9.21 Å². The summed E-state index contributed by atoms with van der Waals surface area (Å²) in [4.78, 5) is 13.6. The van der Waals surface area contributed by atoms with Crippen LogP contribution in [0.15, 0.2) is 0 Å². The minimum Gasteiger partial charge on any atom is -0.340 e. The van der Waals surface area contributed by atoms with Gasteiger partial charge in [0.25, 0.3) is 5.92 Å². The molecule has 0 aliphatic carbocycles. The first-order chi connectivity index (χ1) is 9.19. The first-order valence-corrected chi connectivity index (χ1v) is 8.39. The van der Waals surface area contributed by atoms with Gasteiger partial charge < -0.3 is 4.90 Å². The predicted molar refractivity (Wildman–Crippen MR) is 69.0 cm³/mol. The Bertz CT molecular complexity index is 483. The average molecular weight is 311 g/mol. The maximum Gasteiger partial charge on any atom is 0.262 e. The summed E-state index contributed by atoms with van der Waals surface area (Å²) in [6.07, 6.45) is 1.16. The number of carbonyl (C=O) groups is 1. The number of hydrogen-bond acceptors (Lipinski definition) is 4. The van der Waals surface area contributed by atoms with Gasteiger partial charge in [0.05, 0.1) is 18.8 Å². The minimum atomic E-state index is -3.28. The molecule has 20 heavy (non-hydrogen) atoms. The molecule has 1 unspecified atom stereocenters. The van der Waals surface area contributed by atoms with Crippen molar-refractivity contribution in [2.75, 3.05) is 39.0 Å². The van der Waals surface area contributed by atoms with Gasteiger partial charge in [-0.25, -0.2) is 21.5 Å². The number of carbonyl (C=O) groups excluding carboxylic acids is 1. The molecule has 0 spiro atoms. The third-order valence-corrected chi connectivity index (χ3v) is 4.95. The number of nitrogens with one attached hydrogen (secondary N) is 1. The van der Waals surface area contributed by atoms with Crippen molar-refractivity contribution >= 4 is 15.9 Å². The van der Waals surface area contributed by atoms with Crippen molar-refractivity contribution in [2.45, 2.75) is 24.8 Å². The maximum absolute atomic E-state index is 13.1. The number of alkyl halides is 2. The van der Waals surface area contributed by atoms with Gasteiger partial charge in [0.2, 0.25) is 15.9 Å². The fraction of sp³-hybridized carbons (Fsp3) is 0.909. The second-order valence-electron chi connectivity index (χ2n) is 5.33. The van der Waals surface area contributed by atoms with Crippen LogP contribution < -0.4 is 5.32 Å². The topological polar surface area (TPSA) is 69.7 Å². The zero-order valence-corrected chi connectivity index (χ0v) is 12.1. The minimum absolute atomic E-state index is 0.216. The van der Waals surface area contributed by atoms with Crippen LogP contribution in [0.25, 0.3) is 0 Å². The van der Waals surface area contributed by atoms with Crippen molar-refractivity contribution in [3.05, 3.63) is 0 Å². The van der Waals surface area contributed by atoms with E-state index in [0.29, 0.717) is 19.5 Å². The van der Waals surface area contributed by atoms with Crippen LogP contribution in [0.5, 0.6) is 0 Å². The summed E-state index contributed by atoms with van der Waals surface area (Å²) in [6, 6.07) is -0.866. The quantitative estimate of drug-likeness (QED) is 0.745. The number of amides is 1. The summed E-state index contributed by atoms with van der Waals surface area (Å²) < 4.78 is 50.5. The van der Waals surface area contributed by atoms with E-state index in [0.717, 1.165) is 6.26 Å². The Hall–Kier alpha value is -0.800. The highest BCUT2D eigenvalue weighted by molar-refractivity contribution is 7.88. The number of nitrogens with zero attached hydrogens (tertiary/aromatic N) is 2. The molecule has 6 nitrogen and oxygen atoms in total. The molecule has 9 heteroatoms. The molecule has 1 atom stereocenters. The molecular formula is C11H19F2N3O3S. The Kier molecular flexibility index (Phi) is 4.31. The van der Waals surface area contributed by atoms with Gasteiger partial charge in [-0.15, -0.1) is 0 Å². The highest BCUT2D eigenvalue weighted by Crippen LogP contribution is 2.26. The molecule has 0 aromatic carbocycles. The summed E-state index contributed by atoms with van der Waals surface area (Å²) in [5.74, 6) is -3.21. The lowest BCUT2D eigenvalue weighted by atomic mass is 10.1. The Morgan fingerprint density at radius 1 is 1.25 bits per heavy atom. The van der Waals surface area contributed by atoms with Gasteiger partial charge in [-0.1, -0.05) is 0 Å². The van der Waals surface area contributed by atoms with Gasteiger partial charge in [-0.3, -0.25) is 10.1 Å². The van der Waals surface area contributed by atoms with Gasteiger partial charge in [0.1, 0.15) is 0 Å². The molecule has 2 aliphatic rings. The van der Waals surface area contributed by atoms with E-state index in [-0.39, 0.29) is 19.0 Å². The Labute approximate surface area is 117 Å². The fourth-order valence-corrected chi connectivity index (χ4v) is 3.43. The lowest BCUT2D eigenvalue weighted by Crippen LogP contribution is -2.45. The van der Waals surface area contributed by atoms with Gasteiger partial charge >= 0.3 is 0 Å². The van der Waals surface area contributed by atoms with Crippen molar-refractivity contribution in [1.29, 1.82) is 0 Å². The second-order valence-corrected chi connectivity index (χ2v) is 7.32. The fourth-order valence-electron chi connectivity index (χ4n) is 2.56. The zero-order valence-electron chi connectivity index (χ0n) is 11.3. The standard InChI is InChI=1S/C11H19F2N3O3S/c1-20(18,19)16-4-2-3-15(5-6-16)10(17)9-7-11(12,13)8-14-9/h9,14H,2-8H2,1H3. The van der Waals surface area contributed by atoms with Crippen LogP contribution in [0.1, 0.15) is 12.8 Å². The third-order valence-electron chi connectivity index (χ3n) is 3.64. The van der Waals surface area contributed by atoms with Gasteiger partial charge in [0.15, 0.2) is 0 Å². The maximum atomic E-state index is 13.1. The van der Waals surface area contributed by atoms with E-state index in [1.54, 1.807) is 0 Å². The Balaban J connectivity index is 1.95. The van der Waals surface area contributed by atoms with Crippen LogP contribution in [0.4, 0.5) is 8.78 Å². The summed E-state index contributed by atoms with van der Waals surface area (Å²) in [5, 5.41) is 2.53. The molecule has 1 N–H and O–H groups in total. The predicted octanol–water partition coefficient (Wildman–Crippen LogP) is -0.522. The normalized spacial score (nSPS) is 28.4. The number of halogens is 2. The monoisotopic (exact) mass is 311 g/mol. The first-order valence-electron chi connectivity index (χ1n) is 6.54. The van der Waals surface area contributed by atoms with Gasteiger partial charge in [-0.2, -0.15) is 0 Å². The molecule has 0 bridgehead atoms. The molecule has 2 saturated heterocycles. The van der Waals surface area contributed by atoms with E-state index in [4.69, 9.17) is 0 Å². The van der Waals surface area contributed by atoms with Crippen LogP contribution in [0.2, 0.25) is 0 Å². The lowest BCUT2D eigenvalue weighted by molar-refractivity contribution is -0.133. The smallest absolute Gasteiger partial charge is 0.262 e. The van der Waals surface area contributed by atoms with E-state index in [9.17, 15) is 22.0 Å². The third kappa shape index (κ3) is 3.64. The molecule has 2 heterocycles. The number of rotatable bonds is 2. The van der Waals surface area contributed by atoms with Gasteiger partial charge in [-0.05, 0) is 6.42 Å². The van der Waals surface area contributed by atoms with Crippen molar-refractivity contribution < 1.29 is 22.0 Å². The molecule has 0 saturated carbocycles. The molecule has 0 aromatic heterocycles. The highest BCUT2D eigenvalue weighted by Gasteiger charge is 2.43. The van der Waals surface area contributed by atoms with Crippen LogP contribution in [-0.2, 0) is 14.8 Å². The van der Waals surface area contributed by atoms with Crippen LogP contribution in [0.3, 0.4) is 0 Å². The largest absolute Gasteiger partial charge is 0.340 e. The molecule has 116 valence electrons. The van der Waals surface area contributed by atoms with Crippen LogP contribution >= 0.6 is 0 Å². The summed E-state index contributed by atoms with van der Waals surface area (Å²) >= 11 is 0. The Morgan fingerprint density at radius 3 is 2.50 bits per heavy atom. The van der Waals surface area contributed by atoms with Crippen LogP contribution in [-0.4, -0.2) is 74.5 Å². The van der Waals surface area contributed by atoms with Crippen molar-refractivity contribution in [3.63, 3.8) is 0 Å². The SMILES string of the molecule is CS(=O)(=O)N1CCCN(C(=O)C2CC(F)(F)CN2)CC1. The highest BCUT2D eigenvalue weighted by atomic mass is 32.2. The van der Waals surface area contributed by atoms with E-state index in [2.05, 4.69) is 5.32 Å². The van der Waals surface area contributed by atoms with Gasteiger partial charge in [0, 0.05) is 32.6 Å². The summed E-state index contributed by atoms with van der Waals surface area (Å²) in [6.45, 7) is 0.738. The van der Waals surface area contributed by atoms with E-state index >= 15 is 0 Å². The van der Waals surface area contributed by atoms with E-state index in [1.807, 2.05) is 0 Å². The lowest BCUT2D eigenvalue weighted by Gasteiger charge is -2.24. The molecule has 2 aliphatic heterocycles. The van der Waals surface area contributed by atoms with Crippen LogP contribution in [0, 0.1) is 0 Å². The summed E-state index contributed by atoms with van der Waals surface area (Å²) in [5.41, 5.74) is 0. The number of sulfonamides is 1. The Morgan fingerprint density at radius 2 is 1.95 bits per heavy atom. The summed E-state index contributed by atoms with van der Waals surface area (Å²) in [7, 11) is -3.28. The zero-order chi connectivity index (χ0) is 15.0. The van der Waals surface area contributed by atoms with Crippen molar-refractivity contribution in [1.82, 2.24) is 14.5 Å². The molecular weight excluding hydrogens is 292 g/mol. The number of hydrogen-bond donors (Lipinski definition) is 1. The van der Waals surface area contributed by atoms with Crippen molar-refractivity contribution in [3.8, 4) is 0 Å².